The van der Waals surface area contributed by atoms with Crippen LogP contribution in [0.3, 0.4) is 0 Å². The molecule has 2 fully saturated rings. The van der Waals surface area contributed by atoms with Crippen LogP contribution >= 0.6 is 11.6 Å². The lowest BCUT2D eigenvalue weighted by molar-refractivity contribution is 0.114. The SMILES string of the molecule is C#Cc1c(F)ccc2cccc(-c3ncc4c(N5C[C@H]6CC[C@@H](C5)N6C(=O)O)nc(Cl)nc4c3F)c12. The first-order chi connectivity index (χ1) is 17.4. The fourth-order valence-corrected chi connectivity index (χ4v) is 5.69. The molecule has 2 saturated heterocycles. The van der Waals surface area contributed by atoms with E-state index in [-0.39, 0.29) is 34.1 Å². The van der Waals surface area contributed by atoms with Gasteiger partial charge < -0.3 is 10.0 Å². The molecule has 2 aliphatic rings. The van der Waals surface area contributed by atoms with Gasteiger partial charge in [0.25, 0.3) is 0 Å². The van der Waals surface area contributed by atoms with Gasteiger partial charge in [-0.15, -0.1) is 6.42 Å². The van der Waals surface area contributed by atoms with Crippen molar-refractivity contribution in [3.8, 4) is 23.6 Å². The average Bonchev–Trinajstić information content (AvgIpc) is 3.14. The zero-order chi connectivity index (χ0) is 25.1. The normalized spacial score (nSPS) is 19.2. The number of aromatic nitrogens is 3. The second-order valence-corrected chi connectivity index (χ2v) is 9.29. The maximum Gasteiger partial charge on any atom is 0.407 e. The van der Waals surface area contributed by atoms with E-state index >= 15 is 4.39 Å². The quantitative estimate of drug-likeness (QED) is 0.302. The predicted octanol–water partition coefficient (Wildman–Crippen LogP) is 5.09. The zero-order valence-corrected chi connectivity index (χ0v) is 19.5. The van der Waals surface area contributed by atoms with Gasteiger partial charge in [0.15, 0.2) is 5.82 Å². The molecular formula is C26H18ClF2N5O2. The Labute approximate surface area is 209 Å². The number of hydrogen-bond acceptors (Lipinski definition) is 5. The number of anilines is 1. The molecule has 0 spiro atoms. The van der Waals surface area contributed by atoms with Crippen molar-refractivity contribution in [3.05, 3.63) is 59.0 Å². The third-order valence-electron chi connectivity index (χ3n) is 7.03. The van der Waals surface area contributed by atoms with E-state index in [1.807, 2.05) is 4.90 Å². The van der Waals surface area contributed by atoms with Gasteiger partial charge in [0.05, 0.1) is 23.0 Å². The van der Waals surface area contributed by atoms with E-state index in [4.69, 9.17) is 18.0 Å². The van der Waals surface area contributed by atoms with Crippen LogP contribution in [0.4, 0.5) is 19.4 Å². The Balaban J connectivity index is 1.51. The van der Waals surface area contributed by atoms with Crippen molar-refractivity contribution < 1.29 is 18.7 Å². The van der Waals surface area contributed by atoms with Crippen LogP contribution in [0.2, 0.25) is 5.28 Å². The topological polar surface area (TPSA) is 82.5 Å². The molecule has 0 saturated carbocycles. The van der Waals surface area contributed by atoms with E-state index in [9.17, 15) is 14.3 Å². The Morgan fingerprint density at radius 3 is 2.58 bits per heavy atom. The number of rotatable bonds is 2. The van der Waals surface area contributed by atoms with E-state index in [1.54, 1.807) is 24.3 Å². The molecule has 2 bridgehead atoms. The van der Waals surface area contributed by atoms with Crippen LogP contribution in [0.15, 0.2) is 36.5 Å². The minimum Gasteiger partial charge on any atom is -0.465 e. The summed E-state index contributed by atoms with van der Waals surface area (Å²) in [4.78, 5) is 28.0. The van der Waals surface area contributed by atoms with Crippen LogP contribution in [-0.4, -0.2) is 56.2 Å². The molecule has 0 unspecified atom stereocenters. The molecule has 7 nitrogen and oxygen atoms in total. The molecule has 1 amide bonds. The lowest BCUT2D eigenvalue weighted by atomic mass is 9.96. The fraction of sp³-hybridized carbons (Fsp3) is 0.231. The number of piperazine rings is 1. The van der Waals surface area contributed by atoms with Gasteiger partial charge in [-0.1, -0.05) is 30.2 Å². The zero-order valence-electron chi connectivity index (χ0n) is 18.8. The van der Waals surface area contributed by atoms with Crippen LogP contribution in [0.25, 0.3) is 32.9 Å². The Hall–Kier alpha value is -4.03. The number of amides is 1. The molecule has 0 radical (unpaired) electrons. The lowest BCUT2D eigenvalue weighted by Crippen LogP contribution is -2.55. The summed E-state index contributed by atoms with van der Waals surface area (Å²) < 4.78 is 30.5. The van der Waals surface area contributed by atoms with Crippen molar-refractivity contribution in [1.82, 2.24) is 19.9 Å². The monoisotopic (exact) mass is 505 g/mol. The summed E-state index contributed by atoms with van der Waals surface area (Å²) in [7, 11) is 0. The number of pyridine rings is 1. The van der Waals surface area contributed by atoms with Gasteiger partial charge in [0.1, 0.15) is 22.8 Å². The molecule has 4 heterocycles. The van der Waals surface area contributed by atoms with Crippen molar-refractivity contribution in [2.45, 2.75) is 24.9 Å². The van der Waals surface area contributed by atoms with Crippen LogP contribution in [0.1, 0.15) is 18.4 Å². The maximum absolute atomic E-state index is 16.0. The highest BCUT2D eigenvalue weighted by Crippen LogP contribution is 2.38. The summed E-state index contributed by atoms with van der Waals surface area (Å²) in [5.41, 5.74) is 0.298. The molecule has 2 aromatic carbocycles. The van der Waals surface area contributed by atoms with E-state index in [0.717, 1.165) is 12.8 Å². The molecule has 180 valence electrons. The van der Waals surface area contributed by atoms with Gasteiger partial charge >= 0.3 is 6.09 Å². The van der Waals surface area contributed by atoms with Crippen LogP contribution in [-0.2, 0) is 0 Å². The number of carbonyl (C=O) groups is 1. The molecule has 4 aromatic rings. The Kier molecular flexibility index (Phi) is 5.16. The summed E-state index contributed by atoms with van der Waals surface area (Å²) >= 11 is 6.23. The number of nitrogens with zero attached hydrogens (tertiary/aromatic N) is 5. The van der Waals surface area contributed by atoms with Crippen molar-refractivity contribution in [1.29, 1.82) is 0 Å². The van der Waals surface area contributed by atoms with Gasteiger partial charge in [-0.25, -0.2) is 18.6 Å². The molecule has 2 aromatic heterocycles. The van der Waals surface area contributed by atoms with E-state index in [2.05, 4.69) is 20.9 Å². The largest absolute Gasteiger partial charge is 0.465 e. The van der Waals surface area contributed by atoms with Crippen molar-refractivity contribution >= 4 is 45.2 Å². The fourth-order valence-electron chi connectivity index (χ4n) is 5.52. The second-order valence-electron chi connectivity index (χ2n) is 8.95. The first-order valence-electron chi connectivity index (χ1n) is 11.3. The molecule has 6 rings (SSSR count). The molecule has 2 aliphatic heterocycles. The Morgan fingerprint density at radius 1 is 1.14 bits per heavy atom. The standard InChI is InChI=1S/C26H18ClF2N5O2/c1-2-16-19(28)9-6-13-4-3-5-17(20(13)16)22-21(29)23-18(10-30-22)24(32-25(27)31-23)33-11-14-7-8-15(12-33)34(14)26(35)36/h1,3-6,9-10,14-15H,7-8,11-12H2,(H,35,36)/t14-,15+. The number of carboxylic acid groups (broad SMARTS) is 1. The lowest BCUT2D eigenvalue weighted by Gasteiger charge is -2.40. The summed E-state index contributed by atoms with van der Waals surface area (Å²) in [6.07, 6.45) is 7.60. The summed E-state index contributed by atoms with van der Waals surface area (Å²) in [6.45, 7) is 0.811. The molecule has 1 N–H and O–H groups in total. The highest BCUT2D eigenvalue weighted by Gasteiger charge is 2.43. The minimum absolute atomic E-state index is 0.0255. The molecule has 36 heavy (non-hydrogen) atoms. The first-order valence-corrected chi connectivity index (χ1v) is 11.7. The molecule has 10 heteroatoms. The predicted molar refractivity (Wildman–Crippen MR) is 132 cm³/mol. The molecular weight excluding hydrogens is 488 g/mol. The van der Waals surface area contributed by atoms with Crippen molar-refractivity contribution in [3.63, 3.8) is 0 Å². The van der Waals surface area contributed by atoms with Crippen LogP contribution in [0, 0.1) is 24.0 Å². The van der Waals surface area contributed by atoms with Gasteiger partial charge in [-0.2, -0.15) is 4.98 Å². The second kappa shape index (κ2) is 8.28. The highest BCUT2D eigenvalue weighted by molar-refractivity contribution is 6.28. The van der Waals surface area contributed by atoms with E-state index in [1.165, 1.54) is 17.2 Å². The van der Waals surface area contributed by atoms with Crippen LogP contribution < -0.4 is 4.90 Å². The van der Waals surface area contributed by atoms with Crippen molar-refractivity contribution in [2.75, 3.05) is 18.0 Å². The number of fused-ring (bicyclic) bond motifs is 4. The minimum atomic E-state index is -0.942. The summed E-state index contributed by atoms with van der Waals surface area (Å²) in [5, 5.41) is 10.8. The van der Waals surface area contributed by atoms with Crippen LogP contribution in [0.5, 0.6) is 0 Å². The third-order valence-corrected chi connectivity index (χ3v) is 7.20. The van der Waals surface area contributed by atoms with Gasteiger partial charge in [0.2, 0.25) is 5.28 Å². The van der Waals surface area contributed by atoms with E-state index in [0.29, 0.717) is 40.6 Å². The maximum atomic E-state index is 16.0. The number of hydrogen-bond donors (Lipinski definition) is 1. The first kappa shape index (κ1) is 22.4. The third kappa shape index (κ3) is 3.33. The average molecular weight is 506 g/mol. The van der Waals surface area contributed by atoms with Gasteiger partial charge in [-0.05, 0) is 35.9 Å². The Morgan fingerprint density at radius 2 is 1.89 bits per heavy atom. The van der Waals surface area contributed by atoms with E-state index < -0.39 is 17.7 Å². The number of benzene rings is 2. The molecule has 0 aliphatic carbocycles. The number of halogens is 3. The number of terminal acetylenes is 1. The Bertz CT molecular complexity index is 1610. The molecule has 2 atom stereocenters. The highest BCUT2D eigenvalue weighted by atomic mass is 35.5. The summed E-state index contributed by atoms with van der Waals surface area (Å²) in [6, 6.07) is 7.60. The smallest absolute Gasteiger partial charge is 0.407 e. The van der Waals surface area contributed by atoms with Gasteiger partial charge in [0, 0.05) is 30.2 Å². The summed E-state index contributed by atoms with van der Waals surface area (Å²) in [5.74, 6) is 1.46. The van der Waals surface area contributed by atoms with Gasteiger partial charge in [-0.3, -0.25) is 9.88 Å². The van der Waals surface area contributed by atoms with Crippen molar-refractivity contribution in [2.24, 2.45) is 0 Å².